The van der Waals surface area contributed by atoms with Gasteiger partial charge in [-0.1, -0.05) is 23.5 Å². The summed E-state index contributed by atoms with van der Waals surface area (Å²) in [4.78, 5) is 26.8. The van der Waals surface area contributed by atoms with Crippen LogP contribution in [0.15, 0.2) is 36.4 Å². The fraction of sp³-hybridized carbons (Fsp3) is 0.176. The molecule has 1 amide bonds. The molecule has 8 nitrogen and oxygen atoms in total. The molecule has 26 heavy (non-hydrogen) atoms. The molecule has 0 aliphatic heterocycles. The van der Waals surface area contributed by atoms with E-state index in [0.29, 0.717) is 27.7 Å². The van der Waals surface area contributed by atoms with Crippen LogP contribution in [0.25, 0.3) is 10.2 Å². The van der Waals surface area contributed by atoms with Crippen LogP contribution in [0.3, 0.4) is 0 Å². The number of non-ortho nitro benzene ring substituents is 1. The largest absolute Gasteiger partial charge is 0.495 e. The first-order valence-corrected chi connectivity index (χ1v) is 8.38. The van der Waals surface area contributed by atoms with Crippen molar-refractivity contribution < 1.29 is 19.2 Å². The van der Waals surface area contributed by atoms with Crippen LogP contribution in [-0.2, 0) is 11.2 Å². The summed E-state index contributed by atoms with van der Waals surface area (Å²) in [5.41, 5.74) is 1.27. The molecule has 0 spiro atoms. The maximum atomic E-state index is 12.2. The number of fused-ring (bicyclic) bond motifs is 1. The second-order valence-corrected chi connectivity index (χ2v) is 6.31. The van der Waals surface area contributed by atoms with Crippen LogP contribution < -0.4 is 14.8 Å². The van der Waals surface area contributed by atoms with E-state index in [4.69, 9.17) is 9.47 Å². The number of carbonyl (C=O) groups is 1. The molecular weight excluding hydrogens is 358 g/mol. The number of amides is 1. The number of thiazole rings is 1. The van der Waals surface area contributed by atoms with Crippen LogP contribution in [-0.4, -0.2) is 30.0 Å². The number of hydrogen-bond acceptors (Lipinski definition) is 7. The molecule has 0 saturated carbocycles. The monoisotopic (exact) mass is 373 g/mol. The van der Waals surface area contributed by atoms with Gasteiger partial charge in [0, 0.05) is 12.1 Å². The molecule has 1 heterocycles. The van der Waals surface area contributed by atoms with Gasteiger partial charge in [-0.3, -0.25) is 14.9 Å². The van der Waals surface area contributed by atoms with Crippen LogP contribution in [0.1, 0.15) is 5.56 Å². The van der Waals surface area contributed by atoms with Crippen molar-refractivity contribution >= 4 is 38.3 Å². The molecule has 3 rings (SSSR count). The lowest BCUT2D eigenvalue weighted by molar-refractivity contribution is -0.384. The smallest absolute Gasteiger partial charge is 0.269 e. The zero-order valence-electron chi connectivity index (χ0n) is 14.0. The molecule has 2 aromatic carbocycles. The summed E-state index contributed by atoms with van der Waals surface area (Å²) < 4.78 is 11.4. The summed E-state index contributed by atoms with van der Waals surface area (Å²) in [6.45, 7) is 0. The van der Waals surface area contributed by atoms with E-state index in [2.05, 4.69) is 10.3 Å². The lowest BCUT2D eigenvalue weighted by atomic mass is 10.1. The number of nitrogens with zero attached hydrogens (tertiary/aromatic N) is 2. The van der Waals surface area contributed by atoms with Gasteiger partial charge >= 0.3 is 0 Å². The Kier molecular flexibility index (Phi) is 4.99. The molecule has 1 aromatic heterocycles. The summed E-state index contributed by atoms with van der Waals surface area (Å²) in [6.07, 6.45) is 0.0855. The predicted molar refractivity (Wildman–Crippen MR) is 98.2 cm³/mol. The topological polar surface area (TPSA) is 104 Å². The lowest BCUT2D eigenvalue weighted by Gasteiger charge is -2.03. The SMILES string of the molecule is COc1ccc(OC)c2sc(NC(=O)Cc3ccc([N+](=O)[O-])cc3)nc12. The second kappa shape index (κ2) is 7.36. The van der Waals surface area contributed by atoms with E-state index in [1.54, 1.807) is 38.5 Å². The number of methoxy groups -OCH3 is 2. The van der Waals surface area contributed by atoms with Crippen LogP contribution in [0.4, 0.5) is 10.8 Å². The molecular formula is C17H15N3O5S. The van der Waals surface area contributed by atoms with E-state index in [1.165, 1.54) is 23.5 Å². The number of anilines is 1. The van der Waals surface area contributed by atoms with Gasteiger partial charge in [0.1, 0.15) is 21.7 Å². The maximum Gasteiger partial charge on any atom is 0.269 e. The van der Waals surface area contributed by atoms with Crippen molar-refractivity contribution in [1.82, 2.24) is 4.98 Å². The van der Waals surface area contributed by atoms with Gasteiger partial charge in [-0.15, -0.1) is 0 Å². The van der Waals surface area contributed by atoms with Crippen molar-refractivity contribution in [2.75, 3.05) is 19.5 Å². The Morgan fingerprint density at radius 1 is 1.15 bits per heavy atom. The van der Waals surface area contributed by atoms with Crippen molar-refractivity contribution in [3.63, 3.8) is 0 Å². The van der Waals surface area contributed by atoms with Crippen LogP contribution in [0.5, 0.6) is 11.5 Å². The summed E-state index contributed by atoms with van der Waals surface area (Å²) >= 11 is 1.29. The van der Waals surface area contributed by atoms with Crippen molar-refractivity contribution in [3.05, 3.63) is 52.1 Å². The average Bonchev–Trinajstić information content (AvgIpc) is 3.04. The highest BCUT2D eigenvalue weighted by molar-refractivity contribution is 7.22. The highest BCUT2D eigenvalue weighted by atomic mass is 32.1. The molecule has 3 aromatic rings. The average molecular weight is 373 g/mol. The summed E-state index contributed by atoms with van der Waals surface area (Å²) in [7, 11) is 3.11. The Morgan fingerprint density at radius 3 is 2.42 bits per heavy atom. The Bertz CT molecular complexity index is 927. The fourth-order valence-corrected chi connectivity index (χ4v) is 3.41. The summed E-state index contributed by atoms with van der Waals surface area (Å²) in [5, 5.41) is 13.8. The Morgan fingerprint density at radius 2 is 1.81 bits per heavy atom. The number of nitro benzene ring substituents is 1. The minimum Gasteiger partial charge on any atom is -0.495 e. The lowest BCUT2D eigenvalue weighted by Crippen LogP contribution is -2.14. The molecule has 1 N–H and O–H groups in total. The molecule has 0 unspecified atom stereocenters. The number of rotatable bonds is 6. The predicted octanol–water partition coefficient (Wildman–Crippen LogP) is 3.40. The van der Waals surface area contributed by atoms with Crippen LogP contribution in [0.2, 0.25) is 0 Å². The molecule has 134 valence electrons. The second-order valence-electron chi connectivity index (χ2n) is 5.32. The number of ether oxygens (including phenoxy) is 2. The van der Waals surface area contributed by atoms with Crippen LogP contribution in [0, 0.1) is 10.1 Å². The van der Waals surface area contributed by atoms with Crippen LogP contribution >= 0.6 is 11.3 Å². The summed E-state index contributed by atoms with van der Waals surface area (Å²) in [6, 6.07) is 9.39. The van der Waals surface area contributed by atoms with E-state index >= 15 is 0 Å². The zero-order valence-corrected chi connectivity index (χ0v) is 14.8. The van der Waals surface area contributed by atoms with Gasteiger partial charge in [0.25, 0.3) is 5.69 Å². The van der Waals surface area contributed by atoms with E-state index in [1.807, 2.05) is 0 Å². The van der Waals surface area contributed by atoms with Crippen molar-refractivity contribution in [3.8, 4) is 11.5 Å². The number of hydrogen-bond donors (Lipinski definition) is 1. The highest BCUT2D eigenvalue weighted by Gasteiger charge is 2.15. The van der Waals surface area contributed by atoms with E-state index < -0.39 is 4.92 Å². The molecule has 0 atom stereocenters. The van der Waals surface area contributed by atoms with Gasteiger partial charge in [-0.05, 0) is 17.7 Å². The quantitative estimate of drug-likeness (QED) is 0.525. The Labute approximate surface area is 152 Å². The molecule has 0 aliphatic rings. The molecule has 0 bridgehead atoms. The number of nitrogens with one attached hydrogen (secondary N) is 1. The van der Waals surface area contributed by atoms with Gasteiger partial charge in [0.15, 0.2) is 5.13 Å². The normalized spacial score (nSPS) is 10.5. The Hall–Kier alpha value is -3.20. The molecule has 0 saturated heterocycles. The number of carbonyl (C=O) groups excluding carboxylic acids is 1. The van der Waals surface area contributed by atoms with Crippen molar-refractivity contribution in [2.24, 2.45) is 0 Å². The number of benzene rings is 2. The minimum absolute atomic E-state index is 0.0143. The van der Waals surface area contributed by atoms with E-state index in [9.17, 15) is 14.9 Å². The van der Waals surface area contributed by atoms with Gasteiger partial charge in [-0.2, -0.15) is 0 Å². The molecule has 9 heteroatoms. The van der Waals surface area contributed by atoms with Crippen molar-refractivity contribution in [1.29, 1.82) is 0 Å². The first-order chi connectivity index (χ1) is 12.5. The third-order valence-corrected chi connectivity index (χ3v) is 4.65. The third kappa shape index (κ3) is 3.57. The van der Waals surface area contributed by atoms with Gasteiger partial charge in [0.2, 0.25) is 5.91 Å². The minimum atomic E-state index is -0.480. The van der Waals surface area contributed by atoms with E-state index in [0.717, 1.165) is 4.70 Å². The standard InChI is InChI=1S/C17H15N3O5S/c1-24-12-7-8-13(25-2)16-15(12)19-17(26-16)18-14(21)9-10-3-5-11(6-4-10)20(22)23/h3-8H,9H2,1-2H3,(H,18,19,21). The highest BCUT2D eigenvalue weighted by Crippen LogP contribution is 2.38. The van der Waals surface area contributed by atoms with Crippen molar-refractivity contribution in [2.45, 2.75) is 6.42 Å². The van der Waals surface area contributed by atoms with Gasteiger partial charge in [0.05, 0.1) is 25.6 Å². The number of nitro groups is 1. The van der Waals surface area contributed by atoms with Gasteiger partial charge in [-0.25, -0.2) is 4.98 Å². The Balaban J connectivity index is 1.77. The first-order valence-electron chi connectivity index (χ1n) is 7.56. The fourth-order valence-electron chi connectivity index (χ4n) is 2.42. The zero-order chi connectivity index (χ0) is 18.7. The third-order valence-electron chi connectivity index (χ3n) is 3.67. The molecule has 0 aliphatic carbocycles. The molecule has 0 radical (unpaired) electrons. The summed E-state index contributed by atoms with van der Waals surface area (Å²) in [5.74, 6) is 0.970. The van der Waals surface area contributed by atoms with E-state index in [-0.39, 0.29) is 18.0 Å². The number of aromatic nitrogens is 1. The molecule has 0 fully saturated rings. The van der Waals surface area contributed by atoms with Gasteiger partial charge < -0.3 is 14.8 Å². The first kappa shape index (κ1) is 17.6. The maximum absolute atomic E-state index is 12.2.